The second kappa shape index (κ2) is 6.41. The van der Waals surface area contributed by atoms with Crippen molar-refractivity contribution in [2.45, 2.75) is 30.0 Å². The molecular weight excluding hydrogens is 282 g/mol. The Balaban J connectivity index is 2.36. The van der Waals surface area contributed by atoms with Gasteiger partial charge in [-0.05, 0) is 38.6 Å². The van der Waals surface area contributed by atoms with Crippen molar-refractivity contribution in [3.63, 3.8) is 0 Å². The fourth-order valence-corrected chi connectivity index (χ4v) is 4.05. The van der Waals surface area contributed by atoms with Gasteiger partial charge in [0.25, 0.3) is 0 Å². The first-order valence-electron chi connectivity index (χ1n) is 6.99. The SMILES string of the molecule is CNC(c1ccccc1)C(C)S(=O)(=O)c1ccc(C)cc1. The molecule has 0 bridgehead atoms. The van der Waals surface area contributed by atoms with Crippen molar-refractivity contribution in [3.05, 3.63) is 65.7 Å². The third-order valence-corrected chi connectivity index (χ3v) is 5.96. The number of benzene rings is 2. The van der Waals surface area contributed by atoms with Gasteiger partial charge in [0.1, 0.15) is 0 Å². The first-order valence-corrected chi connectivity index (χ1v) is 8.54. The van der Waals surface area contributed by atoms with Crippen LogP contribution in [0, 0.1) is 6.92 Å². The average Bonchev–Trinajstić information content (AvgIpc) is 2.49. The van der Waals surface area contributed by atoms with E-state index in [2.05, 4.69) is 5.32 Å². The van der Waals surface area contributed by atoms with Gasteiger partial charge in [0, 0.05) is 6.04 Å². The highest BCUT2D eigenvalue weighted by molar-refractivity contribution is 7.92. The van der Waals surface area contributed by atoms with Crippen LogP contribution in [-0.2, 0) is 9.84 Å². The second-order valence-corrected chi connectivity index (χ2v) is 7.55. The lowest BCUT2D eigenvalue weighted by Crippen LogP contribution is -2.33. The molecule has 0 aromatic heterocycles. The number of nitrogens with one attached hydrogen (secondary N) is 1. The Labute approximate surface area is 126 Å². The van der Waals surface area contributed by atoms with Crippen LogP contribution in [0.2, 0.25) is 0 Å². The molecule has 0 radical (unpaired) electrons. The van der Waals surface area contributed by atoms with Gasteiger partial charge in [-0.25, -0.2) is 8.42 Å². The summed E-state index contributed by atoms with van der Waals surface area (Å²) in [4.78, 5) is 0.372. The Morgan fingerprint density at radius 1 is 0.952 bits per heavy atom. The van der Waals surface area contributed by atoms with E-state index < -0.39 is 15.1 Å². The van der Waals surface area contributed by atoms with Crippen LogP contribution < -0.4 is 5.32 Å². The molecule has 112 valence electrons. The molecule has 0 aliphatic heterocycles. The lowest BCUT2D eigenvalue weighted by atomic mass is 10.0. The van der Waals surface area contributed by atoms with Crippen molar-refractivity contribution < 1.29 is 8.42 Å². The van der Waals surface area contributed by atoms with Crippen LogP contribution in [0.1, 0.15) is 24.1 Å². The molecule has 4 heteroatoms. The molecule has 2 rings (SSSR count). The fourth-order valence-electron chi connectivity index (χ4n) is 2.45. The summed E-state index contributed by atoms with van der Waals surface area (Å²) in [6.07, 6.45) is 0. The standard InChI is InChI=1S/C17H21NO2S/c1-13-9-11-16(12-10-13)21(19,20)14(2)17(18-3)15-7-5-4-6-8-15/h4-12,14,17-18H,1-3H3. The minimum atomic E-state index is -3.38. The van der Waals surface area contributed by atoms with E-state index in [-0.39, 0.29) is 6.04 Å². The molecule has 2 aromatic carbocycles. The topological polar surface area (TPSA) is 46.2 Å². The van der Waals surface area contributed by atoms with Gasteiger partial charge in [-0.2, -0.15) is 0 Å². The third kappa shape index (κ3) is 3.34. The quantitative estimate of drug-likeness (QED) is 0.923. The average molecular weight is 303 g/mol. The van der Waals surface area contributed by atoms with Crippen LogP contribution >= 0.6 is 0 Å². The molecule has 21 heavy (non-hydrogen) atoms. The molecule has 2 unspecified atom stereocenters. The summed E-state index contributed by atoms with van der Waals surface area (Å²) >= 11 is 0. The van der Waals surface area contributed by atoms with Crippen molar-refractivity contribution in [1.29, 1.82) is 0 Å². The molecule has 2 aromatic rings. The molecule has 0 spiro atoms. The second-order valence-electron chi connectivity index (χ2n) is 5.24. The lowest BCUT2D eigenvalue weighted by molar-refractivity contribution is 0.530. The predicted octanol–water partition coefficient (Wildman–Crippen LogP) is 3.12. The van der Waals surface area contributed by atoms with Crippen LogP contribution in [0.25, 0.3) is 0 Å². The summed E-state index contributed by atoms with van der Waals surface area (Å²) in [5, 5.41) is 2.58. The maximum Gasteiger partial charge on any atom is 0.182 e. The van der Waals surface area contributed by atoms with Gasteiger partial charge in [-0.3, -0.25) is 0 Å². The van der Waals surface area contributed by atoms with Gasteiger partial charge < -0.3 is 5.32 Å². The minimum absolute atomic E-state index is 0.238. The molecule has 3 nitrogen and oxygen atoms in total. The van der Waals surface area contributed by atoms with Crippen LogP contribution in [0.5, 0.6) is 0 Å². The molecule has 1 N–H and O–H groups in total. The zero-order chi connectivity index (χ0) is 15.5. The largest absolute Gasteiger partial charge is 0.312 e. The van der Waals surface area contributed by atoms with Gasteiger partial charge in [-0.15, -0.1) is 0 Å². The van der Waals surface area contributed by atoms with Crippen LogP contribution in [0.3, 0.4) is 0 Å². The highest BCUT2D eigenvalue weighted by Gasteiger charge is 2.30. The Morgan fingerprint density at radius 3 is 2.05 bits per heavy atom. The normalized spacial score (nSPS) is 14.6. The molecule has 0 heterocycles. The highest BCUT2D eigenvalue weighted by Crippen LogP contribution is 2.26. The maximum atomic E-state index is 12.8. The number of rotatable bonds is 5. The summed E-state index contributed by atoms with van der Waals surface area (Å²) in [5.41, 5.74) is 2.03. The van der Waals surface area contributed by atoms with E-state index >= 15 is 0 Å². The molecule has 0 fully saturated rings. The summed E-state index contributed by atoms with van der Waals surface area (Å²) < 4.78 is 25.6. The van der Waals surface area contributed by atoms with E-state index in [4.69, 9.17) is 0 Å². The third-order valence-electron chi connectivity index (χ3n) is 3.78. The molecular formula is C17H21NO2S. The number of sulfone groups is 1. The van der Waals surface area contributed by atoms with E-state index in [9.17, 15) is 8.42 Å². The summed E-state index contributed by atoms with van der Waals surface area (Å²) in [6, 6.07) is 16.4. The zero-order valence-electron chi connectivity index (χ0n) is 12.6. The Hall–Kier alpha value is -1.65. The van der Waals surface area contributed by atoms with E-state index in [1.807, 2.05) is 49.4 Å². The van der Waals surface area contributed by atoms with Crippen molar-refractivity contribution in [3.8, 4) is 0 Å². The number of hydrogen-bond donors (Lipinski definition) is 1. The van der Waals surface area contributed by atoms with Crippen LogP contribution in [-0.4, -0.2) is 20.7 Å². The molecule has 0 saturated heterocycles. The Kier molecular flexibility index (Phi) is 4.80. The van der Waals surface area contributed by atoms with E-state index in [1.165, 1.54) is 0 Å². The zero-order valence-corrected chi connectivity index (χ0v) is 13.4. The smallest absolute Gasteiger partial charge is 0.182 e. The van der Waals surface area contributed by atoms with Gasteiger partial charge in [0.15, 0.2) is 9.84 Å². The first kappa shape index (κ1) is 15.7. The molecule has 0 aliphatic rings. The first-order chi connectivity index (χ1) is 9.96. The van der Waals surface area contributed by atoms with E-state index in [1.54, 1.807) is 26.1 Å². The maximum absolute atomic E-state index is 12.8. The molecule has 2 atom stereocenters. The van der Waals surface area contributed by atoms with Gasteiger partial charge in [0.2, 0.25) is 0 Å². The fraction of sp³-hybridized carbons (Fsp3) is 0.294. The van der Waals surface area contributed by atoms with Crippen molar-refractivity contribution >= 4 is 9.84 Å². The van der Waals surface area contributed by atoms with Gasteiger partial charge >= 0.3 is 0 Å². The van der Waals surface area contributed by atoms with Gasteiger partial charge in [0.05, 0.1) is 10.1 Å². The van der Waals surface area contributed by atoms with Crippen molar-refractivity contribution in [2.75, 3.05) is 7.05 Å². The summed E-state index contributed by atoms with van der Waals surface area (Å²) in [6.45, 7) is 3.70. The van der Waals surface area contributed by atoms with Crippen LogP contribution in [0.4, 0.5) is 0 Å². The summed E-state index contributed by atoms with van der Waals surface area (Å²) in [5.74, 6) is 0. The summed E-state index contributed by atoms with van der Waals surface area (Å²) in [7, 11) is -1.59. The lowest BCUT2D eigenvalue weighted by Gasteiger charge is -2.24. The molecule has 0 aliphatic carbocycles. The van der Waals surface area contributed by atoms with Crippen LogP contribution in [0.15, 0.2) is 59.5 Å². The van der Waals surface area contributed by atoms with Crippen molar-refractivity contribution in [1.82, 2.24) is 5.32 Å². The monoisotopic (exact) mass is 303 g/mol. The van der Waals surface area contributed by atoms with Crippen molar-refractivity contribution in [2.24, 2.45) is 0 Å². The Bertz CT molecular complexity index is 678. The molecule has 0 saturated carbocycles. The molecule has 0 amide bonds. The highest BCUT2D eigenvalue weighted by atomic mass is 32.2. The predicted molar refractivity (Wildman–Crippen MR) is 86.1 cm³/mol. The number of aryl methyl sites for hydroxylation is 1. The van der Waals surface area contributed by atoms with E-state index in [0.29, 0.717) is 4.90 Å². The van der Waals surface area contributed by atoms with E-state index in [0.717, 1.165) is 11.1 Å². The minimum Gasteiger partial charge on any atom is -0.312 e. The Morgan fingerprint density at radius 2 is 1.52 bits per heavy atom. The number of hydrogen-bond acceptors (Lipinski definition) is 3. The van der Waals surface area contributed by atoms with Gasteiger partial charge in [-0.1, -0.05) is 48.0 Å².